The fourth-order valence-corrected chi connectivity index (χ4v) is 5.06. The Morgan fingerprint density at radius 1 is 0.875 bits per heavy atom. The van der Waals surface area contributed by atoms with Crippen molar-refractivity contribution >= 4 is 0 Å². The van der Waals surface area contributed by atoms with E-state index in [4.69, 9.17) is 4.74 Å². The second-order valence-corrected chi connectivity index (χ2v) is 9.27. The summed E-state index contributed by atoms with van der Waals surface area (Å²) in [6.07, 6.45) is 2.51. The minimum Gasteiger partial charge on any atom is -0.387 e. The molecule has 1 saturated heterocycles. The summed E-state index contributed by atoms with van der Waals surface area (Å²) in [4.78, 5) is 0. The standard InChI is InChI=1S/C27H37NO4/c1-3-13-28-27-25(31)23(29)24(30)26(32-27)21-12-11-18(4-2)22(16-21)15-17-9-10-19-7-5-6-8-20(19)14-17/h9-12,14,16,23-31H,3-8,13,15H2,1-2H3/t23-,24-,25+,26+,27+/m1/s1. The lowest BCUT2D eigenvalue weighted by Crippen LogP contribution is -2.58. The van der Waals surface area contributed by atoms with Gasteiger partial charge in [-0.2, -0.15) is 0 Å². The molecule has 0 aromatic heterocycles. The molecular formula is C27H37NO4. The molecule has 0 bridgehead atoms. The summed E-state index contributed by atoms with van der Waals surface area (Å²) in [6, 6.07) is 13.1. The zero-order valence-electron chi connectivity index (χ0n) is 19.3. The van der Waals surface area contributed by atoms with Crippen molar-refractivity contribution in [1.82, 2.24) is 5.32 Å². The van der Waals surface area contributed by atoms with Crippen molar-refractivity contribution in [3.05, 3.63) is 69.8 Å². The third-order valence-electron chi connectivity index (χ3n) is 6.96. The van der Waals surface area contributed by atoms with Crippen molar-refractivity contribution in [3.8, 4) is 0 Å². The van der Waals surface area contributed by atoms with Crippen molar-refractivity contribution in [3.63, 3.8) is 0 Å². The number of ether oxygens (including phenoxy) is 1. The molecule has 32 heavy (non-hydrogen) atoms. The molecule has 1 heterocycles. The van der Waals surface area contributed by atoms with Crippen LogP contribution in [0.25, 0.3) is 0 Å². The summed E-state index contributed by atoms with van der Waals surface area (Å²) >= 11 is 0. The topological polar surface area (TPSA) is 82.0 Å². The Labute approximate surface area is 191 Å². The van der Waals surface area contributed by atoms with Gasteiger partial charge in [0.2, 0.25) is 0 Å². The van der Waals surface area contributed by atoms with Crippen LogP contribution in [0.4, 0.5) is 0 Å². The molecule has 5 nitrogen and oxygen atoms in total. The number of benzene rings is 2. The zero-order chi connectivity index (χ0) is 22.7. The van der Waals surface area contributed by atoms with Gasteiger partial charge in [-0.3, -0.25) is 5.32 Å². The highest BCUT2D eigenvalue weighted by molar-refractivity contribution is 5.40. The Bertz CT molecular complexity index is 915. The maximum Gasteiger partial charge on any atom is 0.137 e. The van der Waals surface area contributed by atoms with Gasteiger partial charge in [-0.05, 0) is 84.9 Å². The van der Waals surface area contributed by atoms with E-state index >= 15 is 0 Å². The van der Waals surface area contributed by atoms with Crippen LogP contribution < -0.4 is 5.32 Å². The van der Waals surface area contributed by atoms with Crippen molar-refractivity contribution in [2.24, 2.45) is 0 Å². The molecule has 1 aliphatic carbocycles. The molecule has 1 aliphatic heterocycles. The van der Waals surface area contributed by atoms with E-state index in [0.717, 1.165) is 31.2 Å². The Morgan fingerprint density at radius 3 is 2.41 bits per heavy atom. The van der Waals surface area contributed by atoms with Crippen LogP contribution in [0.3, 0.4) is 0 Å². The maximum atomic E-state index is 10.7. The average molecular weight is 440 g/mol. The van der Waals surface area contributed by atoms with Gasteiger partial charge >= 0.3 is 0 Å². The molecule has 0 spiro atoms. The minimum absolute atomic E-state index is 0.662. The van der Waals surface area contributed by atoms with E-state index in [1.54, 1.807) is 0 Å². The molecule has 2 aliphatic rings. The molecule has 1 fully saturated rings. The third-order valence-corrected chi connectivity index (χ3v) is 6.96. The summed E-state index contributed by atoms with van der Waals surface area (Å²) in [5.74, 6) is 0. The monoisotopic (exact) mass is 439 g/mol. The first-order valence-electron chi connectivity index (χ1n) is 12.2. The van der Waals surface area contributed by atoms with E-state index < -0.39 is 30.6 Å². The van der Waals surface area contributed by atoms with Gasteiger partial charge in [0, 0.05) is 0 Å². The Morgan fingerprint density at radius 2 is 1.66 bits per heavy atom. The van der Waals surface area contributed by atoms with Crippen LogP contribution >= 0.6 is 0 Å². The first-order chi connectivity index (χ1) is 15.5. The molecule has 2 aromatic rings. The first kappa shape index (κ1) is 23.4. The number of nitrogens with one attached hydrogen (secondary N) is 1. The molecule has 4 rings (SSSR count). The highest BCUT2D eigenvalue weighted by Gasteiger charge is 2.44. The van der Waals surface area contributed by atoms with Crippen molar-refractivity contribution in [2.75, 3.05) is 6.54 Å². The number of hydrogen-bond acceptors (Lipinski definition) is 5. The van der Waals surface area contributed by atoms with E-state index in [1.807, 2.05) is 13.0 Å². The van der Waals surface area contributed by atoms with Crippen molar-refractivity contribution < 1.29 is 20.1 Å². The molecule has 0 radical (unpaired) electrons. The van der Waals surface area contributed by atoms with Gasteiger partial charge in [0.1, 0.15) is 30.6 Å². The predicted octanol–water partition coefficient (Wildman–Crippen LogP) is 3.20. The lowest BCUT2D eigenvalue weighted by Gasteiger charge is -2.41. The summed E-state index contributed by atoms with van der Waals surface area (Å²) in [5, 5.41) is 34.6. The molecule has 0 unspecified atom stereocenters. The smallest absolute Gasteiger partial charge is 0.137 e. The number of hydrogen-bond donors (Lipinski definition) is 4. The second-order valence-electron chi connectivity index (χ2n) is 9.27. The van der Waals surface area contributed by atoms with Gasteiger partial charge in [-0.15, -0.1) is 0 Å². The number of fused-ring (bicyclic) bond motifs is 1. The van der Waals surface area contributed by atoms with Gasteiger partial charge < -0.3 is 20.1 Å². The minimum atomic E-state index is -1.27. The maximum absolute atomic E-state index is 10.7. The van der Waals surface area contributed by atoms with Crippen LogP contribution in [0.5, 0.6) is 0 Å². The van der Waals surface area contributed by atoms with Gasteiger partial charge in [0.15, 0.2) is 0 Å². The van der Waals surface area contributed by atoms with E-state index in [-0.39, 0.29) is 0 Å². The SMILES string of the molecule is CCCN[C@H]1O[C@@H](c2ccc(CC)c(Cc3ccc4c(c3)CCCC4)c2)[C@H](O)[C@@H](O)[C@@H]1O. The van der Waals surface area contributed by atoms with Gasteiger partial charge in [-0.25, -0.2) is 0 Å². The Kier molecular flexibility index (Phi) is 7.64. The van der Waals surface area contributed by atoms with Crippen LogP contribution in [0.1, 0.15) is 72.6 Å². The van der Waals surface area contributed by atoms with Crippen LogP contribution in [0, 0.1) is 0 Å². The lowest BCUT2D eigenvalue weighted by atomic mass is 9.87. The molecule has 0 saturated carbocycles. The first-order valence-corrected chi connectivity index (χ1v) is 12.2. The van der Waals surface area contributed by atoms with Crippen molar-refractivity contribution in [1.29, 1.82) is 0 Å². The third kappa shape index (κ3) is 4.92. The molecule has 174 valence electrons. The Balaban J connectivity index is 1.59. The average Bonchev–Trinajstić information content (AvgIpc) is 2.82. The Hall–Kier alpha value is -1.76. The molecule has 2 aromatic carbocycles. The van der Waals surface area contributed by atoms with Crippen LogP contribution in [-0.4, -0.2) is 46.4 Å². The summed E-state index contributed by atoms with van der Waals surface area (Å²) in [7, 11) is 0. The number of aryl methyl sites for hydroxylation is 3. The highest BCUT2D eigenvalue weighted by atomic mass is 16.5. The van der Waals surface area contributed by atoms with E-state index in [1.165, 1.54) is 47.1 Å². The van der Waals surface area contributed by atoms with Gasteiger partial charge in [-0.1, -0.05) is 50.2 Å². The summed E-state index contributed by atoms with van der Waals surface area (Å²) in [6.45, 7) is 4.85. The summed E-state index contributed by atoms with van der Waals surface area (Å²) in [5.41, 5.74) is 7.60. The molecule has 5 heteroatoms. The molecule has 4 N–H and O–H groups in total. The largest absolute Gasteiger partial charge is 0.387 e. The fraction of sp³-hybridized carbons (Fsp3) is 0.556. The zero-order valence-corrected chi connectivity index (χ0v) is 19.3. The van der Waals surface area contributed by atoms with Gasteiger partial charge in [0.05, 0.1) is 0 Å². The van der Waals surface area contributed by atoms with Crippen LogP contribution in [0.2, 0.25) is 0 Å². The van der Waals surface area contributed by atoms with E-state index in [9.17, 15) is 15.3 Å². The normalized spacial score (nSPS) is 27.8. The number of aliphatic hydroxyl groups excluding tert-OH is 3. The quantitative estimate of drug-likeness (QED) is 0.533. The fourth-order valence-electron chi connectivity index (χ4n) is 5.06. The second kappa shape index (κ2) is 10.4. The van der Waals surface area contributed by atoms with E-state index in [2.05, 4.69) is 42.6 Å². The molecular weight excluding hydrogens is 402 g/mol. The van der Waals surface area contributed by atoms with Gasteiger partial charge in [0.25, 0.3) is 0 Å². The number of aliphatic hydroxyl groups is 3. The molecule has 0 amide bonds. The highest BCUT2D eigenvalue weighted by Crippen LogP contribution is 2.33. The lowest BCUT2D eigenvalue weighted by molar-refractivity contribution is -0.232. The van der Waals surface area contributed by atoms with Crippen LogP contribution in [0.15, 0.2) is 36.4 Å². The summed E-state index contributed by atoms with van der Waals surface area (Å²) < 4.78 is 6.05. The molecule has 5 atom stereocenters. The predicted molar refractivity (Wildman–Crippen MR) is 126 cm³/mol. The van der Waals surface area contributed by atoms with E-state index in [0.29, 0.717) is 6.54 Å². The van der Waals surface area contributed by atoms with Crippen LogP contribution in [-0.2, 0) is 30.4 Å². The van der Waals surface area contributed by atoms with Crippen molar-refractivity contribution in [2.45, 2.75) is 89.4 Å². The number of rotatable bonds is 7.